The topological polar surface area (TPSA) is 49.9 Å². The first-order valence-electron chi connectivity index (χ1n) is 8.72. The van der Waals surface area contributed by atoms with E-state index in [1.807, 2.05) is 43.3 Å². The van der Waals surface area contributed by atoms with Crippen LogP contribution in [0.4, 0.5) is 11.4 Å². The molecule has 2 aromatic rings. The fraction of sp³-hybridized carbons (Fsp3) is 0.182. The third kappa shape index (κ3) is 3.66. The highest BCUT2D eigenvalue weighted by Gasteiger charge is 2.37. The number of hydrogen-bond acceptors (Lipinski definition) is 4. The fourth-order valence-electron chi connectivity index (χ4n) is 3.12. The van der Waals surface area contributed by atoms with Gasteiger partial charge in [-0.3, -0.25) is 9.69 Å². The highest BCUT2D eigenvalue weighted by Crippen LogP contribution is 2.35. The number of nitrogens with zero attached hydrogens (tertiary/aromatic N) is 2. The van der Waals surface area contributed by atoms with Crippen LogP contribution in [0.25, 0.3) is 6.08 Å². The second-order valence-corrected chi connectivity index (χ2v) is 7.05. The minimum Gasteiger partial charge on any atom is -0.465 e. The molecule has 6 heteroatoms. The Labute approximate surface area is 169 Å². The predicted octanol–water partition coefficient (Wildman–Crippen LogP) is 4.28. The molecule has 1 aliphatic heterocycles. The third-order valence-corrected chi connectivity index (χ3v) is 4.85. The molecular weight excluding hydrogens is 376 g/mol. The van der Waals surface area contributed by atoms with Crippen LogP contribution < -0.4 is 9.80 Å². The first-order chi connectivity index (χ1) is 13.3. The lowest BCUT2D eigenvalue weighted by molar-refractivity contribution is -0.136. The lowest BCUT2D eigenvalue weighted by atomic mass is 10.0. The summed E-state index contributed by atoms with van der Waals surface area (Å²) in [6.07, 6.45) is 1.72. The highest BCUT2D eigenvalue weighted by molar-refractivity contribution is 6.30. The number of anilines is 2. The maximum absolute atomic E-state index is 13.2. The summed E-state index contributed by atoms with van der Waals surface area (Å²) in [7, 11) is 5.22. The molecule has 144 valence electrons. The number of halogens is 1. The van der Waals surface area contributed by atoms with Gasteiger partial charge in [-0.15, -0.1) is 0 Å². The van der Waals surface area contributed by atoms with E-state index < -0.39 is 5.97 Å². The number of methoxy groups -OCH3 is 1. The van der Waals surface area contributed by atoms with Crippen LogP contribution in [0.2, 0.25) is 5.02 Å². The summed E-state index contributed by atoms with van der Waals surface area (Å²) in [5, 5.41) is 0.571. The van der Waals surface area contributed by atoms with Gasteiger partial charge in [0.25, 0.3) is 5.91 Å². The van der Waals surface area contributed by atoms with Crippen molar-refractivity contribution in [3.8, 4) is 0 Å². The SMILES string of the molecule is COC(=O)C1=C(C)N(c2ccc(Cl)cc2)C(=O)/C1=C\c1ccc(N(C)C)cc1. The van der Waals surface area contributed by atoms with E-state index in [0.29, 0.717) is 22.0 Å². The van der Waals surface area contributed by atoms with E-state index in [1.54, 1.807) is 37.3 Å². The molecule has 0 atom stereocenters. The molecule has 0 unspecified atom stereocenters. The maximum Gasteiger partial charge on any atom is 0.340 e. The zero-order valence-electron chi connectivity index (χ0n) is 16.2. The Balaban J connectivity index is 2.07. The number of carbonyl (C=O) groups excluding carboxylic acids is 2. The van der Waals surface area contributed by atoms with E-state index in [4.69, 9.17) is 16.3 Å². The molecule has 0 bridgehead atoms. The van der Waals surface area contributed by atoms with Gasteiger partial charge in [-0.05, 0) is 55.0 Å². The van der Waals surface area contributed by atoms with Crippen LogP contribution >= 0.6 is 11.6 Å². The second kappa shape index (κ2) is 7.90. The molecule has 5 nitrogen and oxygen atoms in total. The van der Waals surface area contributed by atoms with Crippen LogP contribution in [-0.4, -0.2) is 33.1 Å². The van der Waals surface area contributed by atoms with Crippen molar-refractivity contribution in [3.63, 3.8) is 0 Å². The van der Waals surface area contributed by atoms with Crippen LogP contribution in [-0.2, 0) is 14.3 Å². The summed E-state index contributed by atoms with van der Waals surface area (Å²) in [5.41, 5.74) is 3.59. The minimum absolute atomic E-state index is 0.263. The summed E-state index contributed by atoms with van der Waals surface area (Å²) in [5.74, 6) is -0.824. The average molecular weight is 397 g/mol. The monoisotopic (exact) mass is 396 g/mol. The van der Waals surface area contributed by atoms with Crippen molar-refractivity contribution >= 4 is 40.9 Å². The van der Waals surface area contributed by atoms with E-state index in [9.17, 15) is 9.59 Å². The summed E-state index contributed by atoms with van der Waals surface area (Å²) in [4.78, 5) is 29.1. The normalized spacial score (nSPS) is 15.4. The van der Waals surface area contributed by atoms with E-state index in [0.717, 1.165) is 11.3 Å². The Morgan fingerprint density at radius 1 is 1.07 bits per heavy atom. The summed E-state index contributed by atoms with van der Waals surface area (Å²) in [6.45, 7) is 1.73. The summed E-state index contributed by atoms with van der Waals surface area (Å²) >= 11 is 5.96. The van der Waals surface area contributed by atoms with Crippen molar-refractivity contribution in [3.05, 3.63) is 76.0 Å². The molecule has 28 heavy (non-hydrogen) atoms. The second-order valence-electron chi connectivity index (χ2n) is 6.61. The molecule has 3 rings (SSSR count). The Morgan fingerprint density at radius 2 is 1.68 bits per heavy atom. The van der Waals surface area contributed by atoms with Crippen LogP contribution in [0.5, 0.6) is 0 Å². The number of benzene rings is 2. The molecule has 2 aromatic carbocycles. The zero-order chi connectivity index (χ0) is 20.4. The Kier molecular flexibility index (Phi) is 5.56. The number of allylic oxidation sites excluding steroid dienone is 1. The van der Waals surface area contributed by atoms with Gasteiger partial charge in [0.1, 0.15) is 0 Å². The van der Waals surface area contributed by atoms with Crippen molar-refractivity contribution in [1.29, 1.82) is 0 Å². The van der Waals surface area contributed by atoms with Gasteiger partial charge < -0.3 is 9.64 Å². The quantitative estimate of drug-likeness (QED) is 0.571. The molecule has 0 fully saturated rings. The molecule has 0 N–H and O–H groups in total. The average Bonchev–Trinajstić information content (AvgIpc) is 2.92. The first-order valence-corrected chi connectivity index (χ1v) is 9.10. The molecule has 0 saturated carbocycles. The van der Waals surface area contributed by atoms with Crippen molar-refractivity contribution in [1.82, 2.24) is 0 Å². The van der Waals surface area contributed by atoms with Crippen molar-refractivity contribution in [2.45, 2.75) is 6.92 Å². The molecule has 0 radical (unpaired) electrons. The summed E-state index contributed by atoms with van der Waals surface area (Å²) < 4.78 is 4.93. The van der Waals surface area contributed by atoms with E-state index >= 15 is 0 Å². The van der Waals surface area contributed by atoms with E-state index in [1.165, 1.54) is 12.0 Å². The molecule has 1 aliphatic rings. The molecule has 1 heterocycles. The highest BCUT2D eigenvalue weighted by atomic mass is 35.5. The van der Waals surface area contributed by atoms with Crippen molar-refractivity contribution < 1.29 is 14.3 Å². The minimum atomic E-state index is -0.543. The molecule has 0 aromatic heterocycles. The van der Waals surface area contributed by atoms with Gasteiger partial charge in [-0.25, -0.2) is 4.79 Å². The van der Waals surface area contributed by atoms with E-state index in [2.05, 4.69) is 0 Å². The number of carbonyl (C=O) groups is 2. The Bertz CT molecular complexity index is 974. The molecule has 0 saturated heterocycles. The lowest BCUT2D eigenvalue weighted by Crippen LogP contribution is -2.24. The maximum atomic E-state index is 13.2. The van der Waals surface area contributed by atoms with Gasteiger partial charge in [0.15, 0.2) is 0 Å². The molecule has 1 amide bonds. The fourth-order valence-corrected chi connectivity index (χ4v) is 3.24. The smallest absolute Gasteiger partial charge is 0.340 e. The molecule has 0 spiro atoms. The number of esters is 1. The predicted molar refractivity (Wildman–Crippen MR) is 112 cm³/mol. The lowest BCUT2D eigenvalue weighted by Gasteiger charge is -2.18. The Morgan fingerprint density at radius 3 is 2.21 bits per heavy atom. The number of amides is 1. The number of rotatable bonds is 4. The van der Waals surface area contributed by atoms with Gasteiger partial charge >= 0.3 is 5.97 Å². The zero-order valence-corrected chi connectivity index (χ0v) is 16.9. The van der Waals surface area contributed by atoms with E-state index in [-0.39, 0.29) is 11.5 Å². The first kappa shape index (κ1) is 19.7. The van der Waals surface area contributed by atoms with Gasteiger partial charge in [0, 0.05) is 36.2 Å². The van der Waals surface area contributed by atoms with Crippen molar-refractivity contribution in [2.75, 3.05) is 31.0 Å². The van der Waals surface area contributed by atoms with Crippen molar-refractivity contribution in [2.24, 2.45) is 0 Å². The Hall–Kier alpha value is -3.05. The van der Waals surface area contributed by atoms with Gasteiger partial charge in [0.2, 0.25) is 0 Å². The van der Waals surface area contributed by atoms with Crippen LogP contribution in [0.15, 0.2) is 65.4 Å². The summed E-state index contributed by atoms with van der Waals surface area (Å²) in [6, 6.07) is 14.6. The van der Waals surface area contributed by atoms with Crippen LogP contribution in [0, 0.1) is 0 Å². The number of hydrogen-bond donors (Lipinski definition) is 0. The van der Waals surface area contributed by atoms with Crippen LogP contribution in [0.3, 0.4) is 0 Å². The molecular formula is C22H21ClN2O3. The standard InChI is InChI=1S/C22H21ClN2O3/c1-14-20(22(27)28-4)19(13-15-5-9-17(10-6-15)24(2)3)21(26)25(14)18-11-7-16(23)8-12-18/h5-13H,1-4H3/b19-13-. The van der Waals surface area contributed by atoms with Gasteiger partial charge in [-0.1, -0.05) is 23.7 Å². The third-order valence-electron chi connectivity index (χ3n) is 4.59. The molecule has 0 aliphatic carbocycles. The number of ether oxygens (including phenoxy) is 1. The van der Waals surface area contributed by atoms with Gasteiger partial charge in [-0.2, -0.15) is 0 Å². The van der Waals surface area contributed by atoms with Gasteiger partial charge in [0.05, 0.1) is 18.3 Å². The largest absolute Gasteiger partial charge is 0.465 e. The van der Waals surface area contributed by atoms with Crippen LogP contribution in [0.1, 0.15) is 12.5 Å².